The van der Waals surface area contributed by atoms with Crippen molar-refractivity contribution in [2.24, 2.45) is 0 Å². The largest absolute Gasteiger partial charge is 0.361 e. The molecule has 1 heterocycles. The molecule has 0 saturated heterocycles. The lowest BCUT2D eigenvalue weighted by Gasteiger charge is -2.18. The van der Waals surface area contributed by atoms with E-state index in [0.717, 1.165) is 38.1 Å². The Hall–Kier alpha value is -6.64. The van der Waals surface area contributed by atoms with Gasteiger partial charge in [-0.2, -0.15) is 0 Å². The van der Waals surface area contributed by atoms with Gasteiger partial charge in [0.15, 0.2) is 0 Å². The molecule has 1 unspecified atom stereocenters. The van der Waals surface area contributed by atoms with Crippen molar-refractivity contribution in [2.45, 2.75) is 10.1 Å². The zero-order valence-corrected chi connectivity index (χ0v) is 28.8. The Morgan fingerprint density at radius 3 is 2.04 bits per heavy atom. The van der Waals surface area contributed by atoms with Crippen molar-refractivity contribution in [3.05, 3.63) is 192 Å². The van der Waals surface area contributed by atoms with E-state index in [1.54, 1.807) is 36.4 Å². The molecule has 0 aliphatic heterocycles. The van der Waals surface area contributed by atoms with E-state index in [4.69, 9.17) is 0 Å². The van der Waals surface area contributed by atoms with Gasteiger partial charge in [0.2, 0.25) is 5.91 Å². The number of thioether (sulfide) groups is 1. The SMILES string of the molecule is O=C(Nc1cccc(SC(C(=O)Nc2ccc3cc[nH]c3c2)c2ccccc2)c1)/C(=C\c1ccc(-c2ccccc2)cc1)NC(=O)c1ccccc1. The fraction of sp³-hybridized carbons (Fsp3) is 0.0227. The van der Waals surface area contributed by atoms with Crippen LogP contribution < -0.4 is 16.0 Å². The molecule has 6 aromatic carbocycles. The van der Waals surface area contributed by atoms with Crippen LogP contribution in [-0.4, -0.2) is 22.7 Å². The number of amides is 3. The summed E-state index contributed by atoms with van der Waals surface area (Å²) in [6.45, 7) is 0. The number of benzene rings is 6. The van der Waals surface area contributed by atoms with Gasteiger partial charge in [0.25, 0.3) is 11.8 Å². The minimum atomic E-state index is -0.578. The van der Waals surface area contributed by atoms with Crippen LogP contribution in [0.5, 0.6) is 0 Å². The number of carbonyl (C=O) groups excluding carboxylic acids is 3. The summed E-state index contributed by atoms with van der Waals surface area (Å²) < 4.78 is 0. The van der Waals surface area contributed by atoms with Gasteiger partial charge in [-0.05, 0) is 82.2 Å². The Morgan fingerprint density at radius 1 is 0.615 bits per heavy atom. The lowest BCUT2D eigenvalue weighted by molar-refractivity contribution is -0.116. The first-order chi connectivity index (χ1) is 25.5. The lowest BCUT2D eigenvalue weighted by atomic mass is 10.0. The predicted molar refractivity (Wildman–Crippen MR) is 211 cm³/mol. The predicted octanol–water partition coefficient (Wildman–Crippen LogP) is 9.72. The standard InChI is InChI=1S/C44H34N4O3S/c49-42(35-15-8-3-9-16-35)48-40(27-30-19-21-32(22-20-30)31-11-4-1-5-12-31)43(50)46-36-17-10-18-38(28-36)52-41(34-13-6-2-7-14-34)44(51)47-37-24-23-33-25-26-45-39(33)29-37/h1-29,41,45H,(H,46,50)(H,47,51)(H,48,49)/b40-27+. The van der Waals surface area contributed by atoms with Crippen LogP contribution in [0.1, 0.15) is 26.7 Å². The highest BCUT2D eigenvalue weighted by molar-refractivity contribution is 8.00. The van der Waals surface area contributed by atoms with Gasteiger partial charge in [0.1, 0.15) is 10.9 Å². The Balaban J connectivity index is 1.12. The second-order valence-electron chi connectivity index (χ2n) is 12.0. The monoisotopic (exact) mass is 698 g/mol. The molecule has 52 heavy (non-hydrogen) atoms. The first-order valence-electron chi connectivity index (χ1n) is 16.7. The first-order valence-corrected chi connectivity index (χ1v) is 17.6. The first kappa shape index (κ1) is 33.8. The molecule has 0 aliphatic rings. The van der Waals surface area contributed by atoms with E-state index in [-0.39, 0.29) is 11.6 Å². The summed E-state index contributed by atoms with van der Waals surface area (Å²) in [5.41, 5.74) is 6.35. The maximum Gasteiger partial charge on any atom is 0.272 e. The molecule has 0 spiro atoms. The fourth-order valence-corrected chi connectivity index (χ4v) is 6.81. The van der Waals surface area contributed by atoms with Crippen LogP contribution in [-0.2, 0) is 9.59 Å². The topological polar surface area (TPSA) is 103 Å². The Morgan fingerprint density at radius 2 is 1.29 bits per heavy atom. The normalized spacial score (nSPS) is 11.8. The average molecular weight is 699 g/mol. The zero-order chi connectivity index (χ0) is 35.7. The summed E-state index contributed by atoms with van der Waals surface area (Å²) in [5.74, 6) is -1.07. The van der Waals surface area contributed by atoms with Gasteiger partial charge in [-0.15, -0.1) is 11.8 Å². The molecule has 0 aliphatic carbocycles. The van der Waals surface area contributed by atoms with Crippen LogP contribution in [0.15, 0.2) is 181 Å². The summed E-state index contributed by atoms with van der Waals surface area (Å²) in [7, 11) is 0. The van der Waals surface area contributed by atoms with Crippen molar-refractivity contribution in [3.63, 3.8) is 0 Å². The molecular weight excluding hydrogens is 665 g/mol. The molecule has 4 N–H and O–H groups in total. The van der Waals surface area contributed by atoms with Crippen LogP contribution in [0, 0.1) is 0 Å². The number of hydrogen-bond acceptors (Lipinski definition) is 4. The number of H-pyrrole nitrogens is 1. The third-order valence-electron chi connectivity index (χ3n) is 8.37. The fourth-order valence-electron chi connectivity index (χ4n) is 5.73. The third kappa shape index (κ3) is 8.38. The Labute approximate surface area is 305 Å². The van der Waals surface area contributed by atoms with Gasteiger partial charge in [-0.1, -0.05) is 115 Å². The summed E-state index contributed by atoms with van der Waals surface area (Å²) >= 11 is 1.38. The lowest BCUT2D eigenvalue weighted by Crippen LogP contribution is -2.30. The highest BCUT2D eigenvalue weighted by Crippen LogP contribution is 2.37. The maximum absolute atomic E-state index is 13.8. The molecule has 0 bridgehead atoms. The second-order valence-corrected chi connectivity index (χ2v) is 13.2. The molecule has 7 aromatic rings. The van der Waals surface area contributed by atoms with Crippen LogP contribution in [0.2, 0.25) is 0 Å². The minimum absolute atomic E-state index is 0.0833. The van der Waals surface area contributed by atoms with Crippen LogP contribution in [0.25, 0.3) is 28.1 Å². The van der Waals surface area contributed by atoms with Gasteiger partial charge in [-0.25, -0.2) is 0 Å². The Bertz CT molecular complexity index is 2360. The van der Waals surface area contributed by atoms with Gasteiger partial charge in [0.05, 0.1) is 0 Å². The summed E-state index contributed by atoms with van der Waals surface area (Å²) in [5, 5.41) is 9.32. The van der Waals surface area contributed by atoms with Gasteiger partial charge < -0.3 is 20.9 Å². The number of carbonyl (C=O) groups is 3. The van der Waals surface area contributed by atoms with E-state index in [2.05, 4.69) is 20.9 Å². The molecule has 3 amide bonds. The number of aromatic amines is 1. The van der Waals surface area contributed by atoms with E-state index in [1.165, 1.54) is 11.8 Å². The third-order valence-corrected chi connectivity index (χ3v) is 9.61. The molecule has 0 fully saturated rings. The number of anilines is 2. The van der Waals surface area contributed by atoms with E-state index in [1.807, 2.05) is 140 Å². The van der Waals surface area contributed by atoms with Crippen molar-refractivity contribution in [2.75, 3.05) is 10.6 Å². The summed E-state index contributed by atoms with van der Waals surface area (Å²) in [4.78, 5) is 44.8. The van der Waals surface area contributed by atoms with Crippen molar-refractivity contribution >= 4 is 57.8 Å². The van der Waals surface area contributed by atoms with Gasteiger partial charge >= 0.3 is 0 Å². The molecule has 1 atom stereocenters. The molecule has 0 radical (unpaired) electrons. The molecule has 8 heteroatoms. The summed E-state index contributed by atoms with van der Waals surface area (Å²) in [6, 6.07) is 51.2. The molecular formula is C44H34N4O3S. The number of rotatable bonds is 11. The number of fused-ring (bicyclic) bond motifs is 1. The van der Waals surface area contributed by atoms with Crippen LogP contribution in [0.3, 0.4) is 0 Å². The average Bonchev–Trinajstić information content (AvgIpc) is 3.66. The van der Waals surface area contributed by atoms with Crippen molar-refractivity contribution in [1.82, 2.24) is 10.3 Å². The smallest absolute Gasteiger partial charge is 0.272 e. The number of hydrogen-bond donors (Lipinski definition) is 4. The van der Waals surface area contributed by atoms with Crippen LogP contribution in [0.4, 0.5) is 11.4 Å². The molecule has 0 saturated carbocycles. The quantitative estimate of drug-likeness (QED) is 0.0798. The van der Waals surface area contributed by atoms with Crippen molar-refractivity contribution in [3.8, 4) is 11.1 Å². The molecule has 1 aromatic heterocycles. The van der Waals surface area contributed by atoms with E-state index in [0.29, 0.717) is 16.9 Å². The molecule has 254 valence electrons. The number of nitrogens with one attached hydrogen (secondary N) is 4. The van der Waals surface area contributed by atoms with Crippen molar-refractivity contribution in [1.29, 1.82) is 0 Å². The van der Waals surface area contributed by atoms with E-state index < -0.39 is 17.1 Å². The Kier molecular flexibility index (Phi) is 10.4. The van der Waals surface area contributed by atoms with Crippen molar-refractivity contribution < 1.29 is 14.4 Å². The summed E-state index contributed by atoms with van der Waals surface area (Å²) in [6.07, 6.45) is 3.52. The van der Waals surface area contributed by atoms with Crippen LogP contribution >= 0.6 is 11.8 Å². The van der Waals surface area contributed by atoms with Gasteiger partial charge in [0, 0.05) is 33.5 Å². The highest BCUT2D eigenvalue weighted by Gasteiger charge is 2.23. The molecule has 7 nitrogen and oxygen atoms in total. The maximum atomic E-state index is 13.8. The highest BCUT2D eigenvalue weighted by atomic mass is 32.2. The van der Waals surface area contributed by atoms with E-state index in [9.17, 15) is 14.4 Å². The minimum Gasteiger partial charge on any atom is -0.361 e. The second kappa shape index (κ2) is 15.9. The molecule has 7 rings (SSSR count). The number of aromatic nitrogens is 1. The van der Waals surface area contributed by atoms with E-state index >= 15 is 0 Å². The van der Waals surface area contributed by atoms with Gasteiger partial charge in [-0.3, -0.25) is 14.4 Å². The zero-order valence-electron chi connectivity index (χ0n) is 28.0.